The van der Waals surface area contributed by atoms with Crippen molar-refractivity contribution in [1.29, 1.82) is 0 Å². The van der Waals surface area contributed by atoms with Crippen molar-refractivity contribution in [2.45, 2.75) is 119 Å². The molecule has 1 atom stereocenters. The summed E-state index contributed by atoms with van der Waals surface area (Å²) in [5.41, 5.74) is 5.53. The highest BCUT2D eigenvalue weighted by atomic mass is 16.5. The summed E-state index contributed by atoms with van der Waals surface area (Å²) in [7, 11) is 1.72. The van der Waals surface area contributed by atoms with Gasteiger partial charge >= 0.3 is 0 Å². The van der Waals surface area contributed by atoms with Crippen molar-refractivity contribution >= 4 is 12.2 Å². The molecule has 0 saturated carbocycles. The molecule has 0 aromatic heterocycles. The van der Waals surface area contributed by atoms with Crippen LogP contribution >= 0.6 is 0 Å². The first-order chi connectivity index (χ1) is 19.2. The van der Waals surface area contributed by atoms with Gasteiger partial charge in [-0.1, -0.05) is 134 Å². The number of benzene rings is 2. The molecule has 0 radical (unpaired) electrons. The van der Waals surface area contributed by atoms with Gasteiger partial charge in [0.2, 0.25) is 0 Å². The zero-order valence-corrected chi connectivity index (χ0v) is 26.9. The second-order valence-electron chi connectivity index (χ2n) is 12.9. The van der Waals surface area contributed by atoms with E-state index in [1.165, 1.54) is 80.9 Å². The van der Waals surface area contributed by atoms with E-state index >= 15 is 0 Å². The van der Waals surface area contributed by atoms with Gasteiger partial charge in [-0.2, -0.15) is 0 Å². The molecule has 2 rings (SSSR count). The second-order valence-corrected chi connectivity index (χ2v) is 12.9. The zero-order valence-electron chi connectivity index (χ0n) is 26.9. The van der Waals surface area contributed by atoms with Crippen LogP contribution in [0.2, 0.25) is 0 Å². The van der Waals surface area contributed by atoms with E-state index in [0.29, 0.717) is 5.41 Å². The van der Waals surface area contributed by atoms with Gasteiger partial charge in [0.15, 0.2) is 0 Å². The van der Waals surface area contributed by atoms with Crippen LogP contribution < -0.4 is 9.47 Å². The Balaban J connectivity index is 1.94. The highest BCUT2D eigenvalue weighted by molar-refractivity contribution is 5.64. The number of hydrogen-bond acceptors (Lipinski definition) is 2. The fraction of sp³-hybridized carbons (Fsp3) is 0.579. The average molecular weight is 547 g/mol. The van der Waals surface area contributed by atoms with E-state index in [9.17, 15) is 0 Å². The van der Waals surface area contributed by atoms with Gasteiger partial charge in [0.1, 0.15) is 11.5 Å². The molecule has 0 N–H and O–H groups in total. The standard InChI is InChI=1S/C38H58O2/c1-8-9-10-11-12-13-14-17-27-40-37-26-25-36(39-7)29-35(37)21-16-15-20-34-28-31(2)23-24-33(34)22-18-19-32(3)30-38(4,5)6/h15-16,20-21,23-26,28-29,32H,8-14,17-19,22,27,30H2,1-7H3. The minimum atomic E-state index is 0.407. The zero-order chi connectivity index (χ0) is 29.2. The predicted octanol–water partition coefficient (Wildman–Crippen LogP) is 11.6. The topological polar surface area (TPSA) is 18.5 Å². The van der Waals surface area contributed by atoms with Crippen LogP contribution in [-0.2, 0) is 6.42 Å². The molecule has 0 amide bonds. The monoisotopic (exact) mass is 546 g/mol. The largest absolute Gasteiger partial charge is 0.497 e. The lowest BCUT2D eigenvalue weighted by molar-refractivity contribution is 0.293. The number of methoxy groups -OCH3 is 1. The molecule has 222 valence electrons. The summed E-state index contributed by atoms with van der Waals surface area (Å²) in [4.78, 5) is 0. The average Bonchev–Trinajstić information content (AvgIpc) is 2.90. The highest BCUT2D eigenvalue weighted by Crippen LogP contribution is 2.28. The van der Waals surface area contributed by atoms with E-state index in [1.54, 1.807) is 7.11 Å². The van der Waals surface area contributed by atoms with Crippen LogP contribution in [0, 0.1) is 18.3 Å². The van der Waals surface area contributed by atoms with Gasteiger partial charge in [-0.25, -0.2) is 0 Å². The first-order valence-corrected chi connectivity index (χ1v) is 16.0. The summed E-state index contributed by atoms with van der Waals surface area (Å²) in [6, 6.07) is 12.9. The number of aryl methyl sites for hydroxylation is 2. The van der Waals surface area contributed by atoms with E-state index in [1.807, 2.05) is 12.1 Å². The minimum absolute atomic E-state index is 0.407. The fourth-order valence-corrected chi connectivity index (χ4v) is 5.54. The maximum atomic E-state index is 6.19. The number of rotatable bonds is 19. The van der Waals surface area contributed by atoms with Crippen molar-refractivity contribution in [2.24, 2.45) is 11.3 Å². The van der Waals surface area contributed by atoms with Gasteiger partial charge in [-0.05, 0) is 73.3 Å². The quantitative estimate of drug-likeness (QED) is 0.129. The lowest BCUT2D eigenvalue weighted by Gasteiger charge is -2.23. The van der Waals surface area contributed by atoms with Crippen molar-refractivity contribution in [3.63, 3.8) is 0 Å². The third-order valence-corrected chi connectivity index (χ3v) is 7.54. The molecule has 0 spiro atoms. The van der Waals surface area contributed by atoms with E-state index in [-0.39, 0.29) is 0 Å². The maximum Gasteiger partial charge on any atom is 0.126 e. The molecule has 2 heteroatoms. The highest BCUT2D eigenvalue weighted by Gasteiger charge is 2.15. The molecular formula is C38H58O2. The number of ether oxygens (including phenoxy) is 2. The van der Waals surface area contributed by atoms with Crippen LogP contribution in [0.25, 0.3) is 12.2 Å². The summed E-state index contributed by atoms with van der Waals surface area (Å²) in [6.45, 7) is 14.6. The molecule has 0 aliphatic heterocycles. The molecule has 0 aliphatic rings. The summed E-state index contributed by atoms with van der Waals surface area (Å²) in [6.07, 6.45) is 24.0. The predicted molar refractivity (Wildman–Crippen MR) is 177 cm³/mol. The molecule has 2 nitrogen and oxygen atoms in total. The van der Waals surface area contributed by atoms with Crippen molar-refractivity contribution < 1.29 is 9.47 Å². The van der Waals surface area contributed by atoms with Gasteiger partial charge in [0, 0.05) is 5.56 Å². The van der Waals surface area contributed by atoms with Crippen LogP contribution in [0.1, 0.15) is 128 Å². The number of hydrogen-bond donors (Lipinski definition) is 0. The normalized spacial score (nSPS) is 12.9. The lowest BCUT2D eigenvalue weighted by atomic mass is 9.83. The molecule has 0 bridgehead atoms. The van der Waals surface area contributed by atoms with Gasteiger partial charge < -0.3 is 9.47 Å². The Labute approximate surface area is 247 Å². The molecule has 40 heavy (non-hydrogen) atoms. The Morgan fingerprint density at radius 1 is 0.800 bits per heavy atom. The Hall–Kier alpha value is -2.48. The molecular weight excluding hydrogens is 488 g/mol. The molecule has 2 aromatic carbocycles. The van der Waals surface area contributed by atoms with E-state index < -0.39 is 0 Å². The third-order valence-electron chi connectivity index (χ3n) is 7.54. The lowest BCUT2D eigenvalue weighted by Crippen LogP contribution is -2.11. The third kappa shape index (κ3) is 14.2. The Bertz CT molecular complexity index is 1020. The van der Waals surface area contributed by atoms with E-state index in [2.05, 4.69) is 90.1 Å². The van der Waals surface area contributed by atoms with Gasteiger partial charge in [-0.3, -0.25) is 0 Å². The second kappa shape index (κ2) is 18.8. The van der Waals surface area contributed by atoms with Gasteiger partial charge in [0.25, 0.3) is 0 Å². The van der Waals surface area contributed by atoms with Crippen LogP contribution in [0.4, 0.5) is 0 Å². The first kappa shape index (κ1) is 33.7. The maximum absolute atomic E-state index is 6.19. The fourth-order valence-electron chi connectivity index (χ4n) is 5.54. The molecule has 0 aliphatic carbocycles. The Morgan fingerprint density at radius 3 is 2.15 bits per heavy atom. The SMILES string of the molecule is CCCCCCCCCCOc1ccc(OC)cc1C=CC=Cc1cc(C)ccc1CCCC(C)CC(C)(C)C. The summed E-state index contributed by atoms with van der Waals surface area (Å²) >= 11 is 0. The van der Waals surface area contributed by atoms with Crippen LogP contribution in [0.15, 0.2) is 48.6 Å². The molecule has 0 saturated heterocycles. The van der Waals surface area contributed by atoms with E-state index in [4.69, 9.17) is 9.47 Å². The Kier molecular flexibility index (Phi) is 15.8. The first-order valence-electron chi connectivity index (χ1n) is 16.0. The van der Waals surface area contributed by atoms with E-state index in [0.717, 1.165) is 42.4 Å². The van der Waals surface area contributed by atoms with Crippen LogP contribution in [0.3, 0.4) is 0 Å². The minimum Gasteiger partial charge on any atom is -0.497 e. The summed E-state index contributed by atoms with van der Waals surface area (Å²) < 4.78 is 11.7. The van der Waals surface area contributed by atoms with Crippen LogP contribution in [0.5, 0.6) is 11.5 Å². The van der Waals surface area contributed by atoms with Crippen molar-refractivity contribution in [3.8, 4) is 11.5 Å². The van der Waals surface area contributed by atoms with Crippen molar-refractivity contribution in [1.82, 2.24) is 0 Å². The molecule has 0 heterocycles. The smallest absolute Gasteiger partial charge is 0.126 e. The van der Waals surface area contributed by atoms with Crippen molar-refractivity contribution in [3.05, 3.63) is 70.8 Å². The molecule has 0 fully saturated rings. The number of unbranched alkanes of at least 4 members (excludes halogenated alkanes) is 7. The summed E-state index contributed by atoms with van der Waals surface area (Å²) in [5.74, 6) is 2.54. The van der Waals surface area contributed by atoms with Crippen molar-refractivity contribution in [2.75, 3.05) is 13.7 Å². The summed E-state index contributed by atoms with van der Waals surface area (Å²) in [5, 5.41) is 0. The molecule has 1 unspecified atom stereocenters. The Morgan fingerprint density at radius 2 is 1.48 bits per heavy atom. The molecule has 2 aromatic rings. The van der Waals surface area contributed by atoms with Crippen LogP contribution in [-0.4, -0.2) is 13.7 Å². The van der Waals surface area contributed by atoms with Gasteiger partial charge in [-0.15, -0.1) is 0 Å². The van der Waals surface area contributed by atoms with Gasteiger partial charge in [0.05, 0.1) is 13.7 Å². The number of allylic oxidation sites excluding steroid dienone is 2.